The van der Waals surface area contributed by atoms with Crippen LogP contribution in [0.15, 0.2) is 0 Å². The topological polar surface area (TPSA) is 81.7 Å². The van der Waals surface area contributed by atoms with E-state index in [2.05, 4.69) is 14.8 Å². The minimum atomic E-state index is -0.560. The Labute approximate surface area is 93.3 Å². The monoisotopic (exact) mass is 229 g/mol. The smallest absolute Gasteiger partial charge is 0.328 e. The molecule has 0 aromatic carbocycles. The zero-order chi connectivity index (χ0) is 12.0. The SMILES string of the molecule is CCOC(=O)CCC(=O)NC1CCOC1=O. The van der Waals surface area contributed by atoms with Crippen LogP contribution >= 0.6 is 0 Å². The second-order valence-corrected chi connectivity index (χ2v) is 3.38. The fraction of sp³-hybridized carbons (Fsp3) is 0.700. The fourth-order valence-electron chi connectivity index (χ4n) is 1.34. The van der Waals surface area contributed by atoms with Gasteiger partial charge in [0.2, 0.25) is 5.91 Å². The average Bonchev–Trinajstić information content (AvgIpc) is 2.62. The summed E-state index contributed by atoms with van der Waals surface area (Å²) in [5.41, 5.74) is 0. The Morgan fingerprint density at radius 1 is 1.50 bits per heavy atom. The molecule has 0 aromatic heterocycles. The Morgan fingerprint density at radius 3 is 2.81 bits per heavy atom. The lowest BCUT2D eigenvalue weighted by molar-refractivity contribution is -0.144. The molecule has 1 aliphatic rings. The standard InChI is InChI=1S/C10H15NO5/c1-2-15-9(13)4-3-8(12)11-7-5-6-16-10(7)14/h7H,2-6H2,1H3,(H,11,12). The highest BCUT2D eigenvalue weighted by molar-refractivity contribution is 5.87. The van der Waals surface area contributed by atoms with Gasteiger partial charge in [0.25, 0.3) is 0 Å². The Bertz CT molecular complexity index is 289. The van der Waals surface area contributed by atoms with E-state index >= 15 is 0 Å². The maximum atomic E-state index is 11.3. The molecular formula is C10H15NO5. The van der Waals surface area contributed by atoms with Crippen LogP contribution in [-0.4, -0.2) is 37.1 Å². The third kappa shape index (κ3) is 3.88. The van der Waals surface area contributed by atoms with Gasteiger partial charge in [-0.2, -0.15) is 0 Å². The van der Waals surface area contributed by atoms with Gasteiger partial charge in [-0.1, -0.05) is 0 Å². The molecule has 90 valence electrons. The molecule has 1 atom stereocenters. The van der Waals surface area contributed by atoms with Crippen molar-refractivity contribution in [2.24, 2.45) is 0 Å². The van der Waals surface area contributed by atoms with Crippen molar-refractivity contribution in [1.82, 2.24) is 5.32 Å². The van der Waals surface area contributed by atoms with E-state index < -0.39 is 18.0 Å². The summed E-state index contributed by atoms with van der Waals surface area (Å²) in [6.45, 7) is 2.34. The van der Waals surface area contributed by atoms with Crippen LogP contribution in [0.2, 0.25) is 0 Å². The number of ether oxygens (including phenoxy) is 2. The molecule has 1 fully saturated rings. The molecule has 1 rings (SSSR count). The van der Waals surface area contributed by atoms with E-state index in [1.54, 1.807) is 6.92 Å². The first-order valence-corrected chi connectivity index (χ1v) is 5.25. The number of rotatable bonds is 5. The van der Waals surface area contributed by atoms with Gasteiger partial charge >= 0.3 is 11.9 Å². The van der Waals surface area contributed by atoms with Crippen molar-refractivity contribution in [3.63, 3.8) is 0 Å². The van der Waals surface area contributed by atoms with Crippen molar-refractivity contribution in [3.05, 3.63) is 0 Å². The highest BCUT2D eigenvalue weighted by atomic mass is 16.5. The van der Waals surface area contributed by atoms with E-state index in [9.17, 15) is 14.4 Å². The van der Waals surface area contributed by atoms with Gasteiger partial charge in [0.1, 0.15) is 6.04 Å². The third-order valence-corrected chi connectivity index (χ3v) is 2.13. The number of esters is 2. The molecule has 6 nitrogen and oxygen atoms in total. The molecule has 1 N–H and O–H groups in total. The number of carbonyl (C=O) groups excluding carboxylic acids is 3. The lowest BCUT2D eigenvalue weighted by atomic mass is 10.2. The van der Waals surface area contributed by atoms with Gasteiger partial charge in [0, 0.05) is 12.8 Å². The minimum Gasteiger partial charge on any atom is -0.466 e. The highest BCUT2D eigenvalue weighted by Gasteiger charge is 2.27. The summed E-state index contributed by atoms with van der Waals surface area (Å²) < 4.78 is 9.36. The molecule has 1 amide bonds. The first-order valence-electron chi connectivity index (χ1n) is 5.25. The van der Waals surface area contributed by atoms with Gasteiger partial charge in [-0.05, 0) is 6.92 Å². The zero-order valence-corrected chi connectivity index (χ0v) is 9.15. The van der Waals surface area contributed by atoms with E-state index in [0.717, 1.165) is 0 Å². The van der Waals surface area contributed by atoms with Crippen LogP contribution in [0.5, 0.6) is 0 Å². The lowest BCUT2D eigenvalue weighted by Crippen LogP contribution is -2.38. The second kappa shape index (κ2) is 6.09. The first-order chi connectivity index (χ1) is 7.63. The summed E-state index contributed by atoms with van der Waals surface area (Å²) in [4.78, 5) is 33.3. The molecule has 0 radical (unpaired) electrons. The second-order valence-electron chi connectivity index (χ2n) is 3.38. The van der Waals surface area contributed by atoms with E-state index in [0.29, 0.717) is 19.6 Å². The lowest BCUT2D eigenvalue weighted by Gasteiger charge is -2.08. The molecule has 0 bridgehead atoms. The number of carbonyl (C=O) groups is 3. The van der Waals surface area contributed by atoms with E-state index in [1.807, 2.05) is 0 Å². The number of amides is 1. The fourth-order valence-corrected chi connectivity index (χ4v) is 1.34. The van der Waals surface area contributed by atoms with Crippen LogP contribution in [0, 0.1) is 0 Å². The largest absolute Gasteiger partial charge is 0.466 e. The minimum absolute atomic E-state index is 0.0292. The number of cyclic esters (lactones) is 1. The molecule has 6 heteroatoms. The van der Waals surface area contributed by atoms with Crippen LogP contribution in [-0.2, 0) is 23.9 Å². The molecule has 0 spiro atoms. The van der Waals surface area contributed by atoms with E-state index in [4.69, 9.17) is 0 Å². The summed E-state index contributed by atoms with van der Waals surface area (Å²) >= 11 is 0. The van der Waals surface area contributed by atoms with E-state index in [1.165, 1.54) is 0 Å². The van der Waals surface area contributed by atoms with Crippen LogP contribution in [0.1, 0.15) is 26.2 Å². The number of nitrogens with one attached hydrogen (secondary N) is 1. The number of hydrogen-bond acceptors (Lipinski definition) is 5. The Morgan fingerprint density at radius 2 is 2.25 bits per heavy atom. The molecule has 1 unspecified atom stereocenters. The third-order valence-electron chi connectivity index (χ3n) is 2.13. The highest BCUT2D eigenvalue weighted by Crippen LogP contribution is 2.06. The van der Waals surface area contributed by atoms with Gasteiger partial charge in [-0.3, -0.25) is 9.59 Å². The zero-order valence-electron chi connectivity index (χ0n) is 9.15. The Hall–Kier alpha value is -1.59. The molecule has 1 heterocycles. The summed E-state index contributed by atoms with van der Waals surface area (Å²) in [5.74, 6) is -1.16. The van der Waals surface area contributed by atoms with Crippen molar-refractivity contribution in [3.8, 4) is 0 Å². The predicted octanol–water partition coefficient (Wildman–Crippen LogP) is -0.239. The predicted molar refractivity (Wildman–Crippen MR) is 53.4 cm³/mol. The summed E-state index contributed by atoms with van der Waals surface area (Å²) in [6, 6.07) is -0.560. The molecule has 0 aliphatic carbocycles. The molecular weight excluding hydrogens is 214 g/mol. The van der Waals surface area contributed by atoms with Crippen molar-refractivity contribution >= 4 is 17.8 Å². The van der Waals surface area contributed by atoms with Crippen molar-refractivity contribution < 1.29 is 23.9 Å². The van der Waals surface area contributed by atoms with Crippen molar-refractivity contribution in [2.45, 2.75) is 32.2 Å². The number of hydrogen-bond donors (Lipinski definition) is 1. The van der Waals surface area contributed by atoms with E-state index in [-0.39, 0.29) is 18.7 Å². The van der Waals surface area contributed by atoms with Crippen molar-refractivity contribution in [1.29, 1.82) is 0 Å². The van der Waals surface area contributed by atoms with Gasteiger partial charge < -0.3 is 14.8 Å². The molecule has 1 saturated heterocycles. The molecule has 0 saturated carbocycles. The van der Waals surface area contributed by atoms with Crippen molar-refractivity contribution in [2.75, 3.05) is 13.2 Å². The Kier molecular flexibility index (Phi) is 4.75. The first kappa shape index (κ1) is 12.5. The van der Waals surface area contributed by atoms with Crippen LogP contribution in [0.3, 0.4) is 0 Å². The van der Waals surface area contributed by atoms with Crippen LogP contribution < -0.4 is 5.32 Å². The summed E-state index contributed by atoms with van der Waals surface area (Å²) in [6.07, 6.45) is 0.550. The Balaban J connectivity index is 2.20. The summed E-state index contributed by atoms with van der Waals surface area (Å²) in [7, 11) is 0. The normalized spacial score (nSPS) is 19.1. The maximum Gasteiger partial charge on any atom is 0.328 e. The van der Waals surface area contributed by atoms with Crippen LogP contribution in [0.4, 0.5) is 0 Å². The average molecular weight is 229 g/mol. The molecule has 16 heavy (non-hydrogen) atoms. The van der Waals surface area contributed by atoms with Gasteiger partial charge in [-0.25, -0.2) is 4.79 Å². The molecule has 0 aromatic rings. The van der Waals surface area contributed by atoms with Gasteiger partial charge in [0.05, 0.1) is 19.6 Å². The maximum absolute atomic E-state index is 11.3. The quantitative estimate of drug-likeness (QED) is 0.658. The van der Waals surface area contributed by atoms with Gasteiger partial charge in [0.15, 0.2) is 0 Å². The molecule has 1 aliphatic heterocycles. The van der Waals surface area contributed by atoms with Crippen LogP contribution in [0.25, 0.3) is 0 Å². The summed E-state index contributed by atoms with van der Waals surface area (Å²) in [5, 5.41) is 2.50. The van der Waals surface area contributed by atoms with Gasteiger partial charge in [-0.15, -0.1) is 0 Å².